The summed E-state index contributed by atoms with van der Waals surface area (Å²) in [7, 11) is 0. The van der Waals surface area contributed by atoms with E-state index < -0.39 is 11.9 Å². The molecule has 1 fully saturated rings. The molecule has 2 unspecified atom stereocenters. The molecule has 1 aromatic rings. The number of carboxylic acid groups (broad SMARTS) is 1. The number of carbonyl (C=O) groups is 2. The van der Waals surface area contributed by atoms with E-state index in [9.17, 15) is 9.59 Å². The molecule has 6 heteroatoms. The molecule has 0 aliphatic heterocycles. The van der Waals surface area contributed by atoms with Gasteiger partial charge in [0.25, 0.3) is 0 Å². The van der Waals surface area contributed by atoms with Gasteiger partial charge in [-0.05, 0) is 6.42 Å². The molecule has 5 nitrogen and oxygen atoms in total. The van der Waals surface area contributed by atoms with E-state index in [4.69, 9.17) is 5.11 Å². The summed E-state index contributed by atoms with van der Waals surface area (Å²) in [5.74, 6) is -1.85. The van der Waals surface area contributed by atoms with Crippen molar-refractivity contribution < 1.29 is 14.7 Å². The van der Waals surface area contributed by atoms with Crippen molar-refractivity contribution in [3.63, 3.8) is 0 Å². The van der Waals surface area contributed by atoms with Crippen LogP contribution in [0.15, 0.2) is 5.38 Å². The highest BCUT2D eigenvalue weighted by Gasteiger charge is 2.48. The van der Waals surface area contributed by atoms with E-state index in [0.29, 0.717) is 19.4 Å². The monoisotopic (exact) mass is 296 g/mol. The maximum absolute atomic E-state index is 11.7. The standard InChI is InChI=1S/C14H20N2O3S/c1-14(2,3)10-7-20-11(16-10)4-5-15-12(17)8-6-9(8)13(18)19/h7-9H,4-6H2,1-3H3,(H,15,17)(H,18,19). The fourth-order valence-electron chi connectivity index (χ4n) is 1.95. The molecule has 0 radical (unpaired) electrons. The molecular weight excluding hydrogens is 276 g/mol. The summed E-state index contributed by atoms with van der Waals surface area (Å²) < 4.78 is 0. The second-order valence-electron chi connectivity index (χ2n) is 6.20. The third kappa shape index (κ3) is 3.56. The Kier molecular flexibility index (Phi) is 4.13. The van der Waals surface area contributed by atoms with Crippen LogP contribution in [-0.2, 0) is 21.4 Å². The van der Waals surface area contributed by atoms with Crippen molar-refractivity contribution >= 4 is 23.2 Å². The van der Waals surface area contributed by atoms with Gasteiger partial charge in [0.1, 0.15) is 0 Å². The molecule has 0 aromatic carbocycles. The van der Waals surface area contributed by atoms with Gasteiger partial charge in [-0.3, -0.25) is 9.59 Å². The third-order valence-corrected chi connectivity index (χ3v) is 4.31. The molecule has 0 spiro atoms. The summed E-state index contributed by atoms with van der Waals surface area (Å²) >= 11 is 1.60. The summed E-state index contributed by atoms with van der Waals surface area (Å²) in [6.45, 7) is 6.87. The molecule has 1 saturated carbocycles. The number of hydrogen-bond acceptors (Lipinski definition) is 4. The zero-order chi connectivity index (χ0) is 14.9. The topological polar surface area (TPSA) is 79.3 Å². The summed E-state index contributed by atoms with van der Waals surface area (Å²) in [5, 5.41) is 14.6. The van der Waals surface area contributed by atoms with E-state index in [0.717, 1.165) is 10.7 Å². The number of amides is 1. The third-order valence-electron chi connectivity index (χ3n) is 3.40. The second-order valence-corrected chi connectivity index (χ2v) is 7.15. The molecule has 1 amide bonds. The Hall–Kier alpha value is -1.43. The normalized spacial score (nSPS) is 21.6. The Balaban J connectivity index is 1.75. The van der Waals surface area contributed by atoms with Gasteiger partial charge in [-0.25, -0.2) is 4.98 Å². The molecule has 0 saturated heterocycles. The number of carboxylic acids is 1. The highest BCUT2D eigenvalue weighted by molar-refractivity contribution is 7.09. The number of aromatic nitrogens is 1. The van der Waals surface area contributed by atoms with Crippen LogP contribution in [-0.4, -0.2) is 28.5 Å². The van der Waals surface area contributed by atoms with Gasteiger partial charge in [-0.2, -0.15) is 0 Å². The van der Waals surface area contributed by atoms with Gasteiger partial charge in [0.2, 0.25) is 5.91 Å². The molecular formula is C14H20N2O3S. The molecule has 2 N–H and O–H groups in total. The van der Waals surface area contributed by atoms with Crippen LogP contribution in [0.2, 0.25) is 0 Å². The molecule has 0 bridgehead atoms. The van der Waals surface area contributed by atoms with E-state index in [1.165, 1.54) is 0 Å². The van der Waals surface area contributed by atoms with Gasteiger partial charge in [0, 0.05) is 23.8 Å². The number of rotatable bonds is 5. The lowest BCUT2D eigenvalue weighted by Gasteiger charge is -2.14. The van der Waals surface area contributed by atoms with Crippen molar-refractivity contribution in [3.05, 3.63) is 16.1 Å². The zero-order valence-electron chi connectivity index (χ0n) is 12.0. The first-order valence-corrected chi connectivity index (χ1v) is 7.62. The van der Waals surface area contributed by atoms with Crippen molar-refractivity contribution in [2.24, 2.45) is 11.8 Å². The van der Waals surface area contributed by atoms with Crippen LogP contribution in [0.1, 0.15) is 37.9 Å². The smallest absolute Gasteiger partial charge is 0.307 e. The summed E-state index contributed by atoms with van der Waals surface area (Å²) in [5.41, 5.74) is 1.11. The molecule has 2 atom stereocenters. The van der Waals surface area contributed by atoms with Crippen LogP contribution >= 0.6 is 11.3 Å². The molecule has 1 aliphatic carbocycles. The van der Waals surface area contributed by atoms with Crippen LogP contribution in [0.25, 0.3) is 0 Å². The van der Waals surface area contributed by atoms with E-state index in [2.05, 4.69) is 36.5 Å². The molecule has 1 heterocycles. The molecule has 1 aliphatic rings. The van der Waals surface area contributed by atoms with E-state index in [1.54, 1.807) is 11.3 Å². The zero-order valence-corrected chi connectivity index (χ0v) is 12.8. The molecule has 110 valence electrons. The summed E-state index contributed by atoms with van der Waals surface area (Å²) in [6.07, 6.45) is 1.16. The minimum atomic E-state index is -0.875. The second kappa shape index (κ2) is 5.52. The van der Waals surface area contributed by atoms with Gasteiger partial charge in [-0.15, -0.1) is 11.3 Å². The molecule has 1 aromatic heterocycles. The van der Waals surface area contributed by atoms with Gasteiger partial charge in [-0.1, -0.05) is 20.8 Å². The van der Waals surface area contributed by atoms with Crippen LogP contribution in [0.4, 0.5) is 0 Å². The Bertz CT molecular complexity index is 519. The lowest BCUT2D eigenvalue weighted by atomic mass is 9.93. The largest absolute Gasteiger partial charge is 0.481 e. The number of carbonyl (C=O) groups excluding carboxylic acids is 1. The highest BCUT2D eigenvalue weighted by Crippen LogP contribution is 2.38. The van der Waals surface area contributed by atoms with Crippen molar-refractivity contribution in [2.75, 3.05) is 6.54 Å². The lowest BCUT2D eigenvalue weighted by molar-refractivity contribution is -0.140. The average molecular weight is 296 g/mol. The van der Waals surface area contributed by atoms with Gasteiger partial charge in [0.15, 0.2) is 0 Å². The maximum atomic E-state index is 11.7. The van der Waals surface area contributed by atoms with Crippen LogP contribution in [0.5, 0.6) is 0 Å². The Morgan fingerprint density at radius 3 is 2.65 bits per heavy atom. The van der Waals surface area contributed by atoms with Gasteiger partial charge >= 0.3 is 5.97 Å². The first kappa shape index (κ1) is 15.0. The first-order chi connectivity index (χ1) is 9.29. The van der Waals surface area contributed by atoms with E-state index >= 15 is 0 Å². The molecule has 20 heavy (non-hydrogen) atoms. The van der Waals surface area contributed by atoms with E-state index in [-0.39, 0.29) is 17.2 Å². The van der Waals surface area contributed by atoms with Gasteiger partial charge in [0.05, 0.1) is 22.5 Å². The number of nitrogens with zero attached hydrogens (tertiary/aromatic N) is 1. The predicted octanol–water partition coefficient (Wildman–Crippen LogP) is 1.82. The molecule has 2 rings (SSSR count). The Morgan fingerprint density at radius 1 is 1.45 bits per heavy atom. The highest BCUT2D eigenvalue weighted by atomic mass is 32.1. The fraction of sp³-hybridized carbons (Fsp3) is 0.643. The minimum Gasteiger partial charge on any atom is -0.481 e. The Morgan fingerprint density at radius 2 is 2.15 bits per heavy atom. The van der Waals surface area contributed by atoms with Gasteiger partial charge < -0.3 is 10.4 Å². The number of nitrogens with one attached hydrogen (secondary N) is 1. The maximum Gasteiger partial charge on any atom is 0.307 e. The SMILES string of the molecule is CC(C)(C)c1csc(CCNC(=O)C2CC2C(=O)O)n1. The summed E-state index contributed by atoms with van der Waals surface area (Å²) in [6, 6.07) is 0. The van der Waals surface area contributed by atoms with E-state index in [1.807, 2.05) is 0 Å². The van der Waals surface area contributed by atoms with Crippen molar-refractivity contribution in [1.82, 2.24) is 10.3 Å². The average Bonchev–Trinajstić information content (AvgIpc) is 3.00. The first-order valence-electron chi connectivity index (χ1n) is 6.74. The Labute approximate surface area is 122 Å². The minimum absolute atomic E-state index is 0.0424. The van der Waals surface area contributed by atoms with Crippen LogP contribution in [0.3, 0.4) is 0 Å². The van der Waals surface area contributed by atoms with Crippen molar-refractivity contribution in [1.29, 1.82) is 0 Å². The van der Waals surface area contributed by atoms with Crippen LogP contribution in [0, 0.1) is 11.8 Å². The van der Waals surface area contributed by atoms with Crippen LogP contribution < -0.4 is 5.32 Å². The van der Waals surface area contributed by atoms with Crippen molar-refractivity contribution in [2.45, 2.75) is 39.0 Å². The number of aliphatic carboxylic acids is 1. The quantitative estimate of drug-likeness (QED) is 0.868. The predicted molar refractivity (Wildman–Crippen MR) is 76.8 cm³/mol. The number of hydrogen-bond donors (Lipinski definition) is 2. The van der Waals surface area contributed by atoms with Crippen molar-refractivity contribution in [3.8, 4) is 0 Å². The number of thiazole rings is 1. The fourth-order valence-corrected chi connectivity index (χ4v) is 2.98. The summed E-state index contributed by atoms with van der Waals surface area (Å²) in [4.78, 5) is 26.9. The lowest BCUT2D eigenvalue weighted by Crippen LogP contribution is -2.28.